The van der Waals surface area contributed by atoms with Crippen LogP contribution in [-0.2, 0) is 6.42 Å². The molecular weight excluding hydrogens is 428 g/mol. The van der Waals surface area contributed by atoms with E-state index in [1.165, 1.54) is 11.1 Å². The summed E-state index contributed by atoms with van der Waals surface area (Å²) in [5.74, 6) is 0.752. The second-order valence-electron chi connectivity index (χ2n) is 8.94. The molecule has 0 radical (unpaired) electrons. The normalized spacial score (nSPS) is 13.1. The highest BCUT2D eigenvalue weighted by Crippen LogP contribution is 2.39. The molecule has 0 amide bonds. The van der Waals surface area contributed by atoms with Crippen LogP contribution in [0.15, 0.2) is 108 Å². The second kappa shape index (κ2) is 8.07. The first-order valence-electron chi connectivity index (χ1n) is 12.0. The minimum absolute atomic E-state index is 0.752. The van der Waals surface area contributed by atoms with Crippen LogP contribution in [0, 0.1) is 0 Å². The van der Waals surface area contributed by atoms with E-state index >= 15 is 0 Å². The molecule has 2 heterocycles. The number of hydrogen-bond donors (Lipinski definition) is 0. The Hall–Kier alpha value is -4.50. The fourth-order valence-corrected chi connectivity index (χ4v) is 5.13. The minimum atomic E-state index is 0.752. The summed E-state index contributed by atoms with van der Waals surface area (Å²) in [5, 5.41) is 2.31. The maximum Gasteiger partial charge on any atom is 0.160 e. The van der Waals surface area contributed by atoms with Crippen molar-refractivity contribution in [2.24, 2.45) is 0 Å². The zero-order valence-corrected chi connectivity index (χ0v) is 19.1. The molecule has 0 atom stereocenters. The van der Waals surface area contributed by atoms with E-state index in [-0.39, 0.29) is 0 Å². The third kappa shape index (κ3) is 3.36. The zero-order chi connectivity index (χ0) is 23.2. The number of furan rings is 1. The Morgan fingerprint density at radius 3 is 2.14 bits per heavy atom. The molecule has 1 aliphatic rings. The van der Waals surface area contributed by atoms with E-state index in [0.29, 0.717) is 0 Å². The summed E-state index contributed by atoms with van der Waals surface area (Å²) in [6.07, 6.45) is 4.04. The number of hydrogen-bond acceptors (Lipinski definition) is 3. The van der Waals surface area contributed by atoms with E-state index in [4.69, 9.17) is 14.4 Å². The summed E-state index contributed by atoms with van der Waals surface area (Å²) in [7, 11) is 0. The van der Waals surface area contributed by atoms with E-state index in [1.54, 1.807) is 0 Å². The van der Waals surface area contributed by atoms with E-state index in [0.717, 1.165) is 68.7 Å². The molecule has 2 aromatic heterocycles. The first-order chi connectivity index (χ1) is 17.3. The molecule has 0 bridgehead atoms. The van der Waals surface area contributed by atoms with Crippen molar-refractivity contribution in [1.82, 2.24) is 9.97 Å². The third-order valence-electron chi connectivity index (χ3n) is 6.82. The molecule has 0 saturated carbocycles. The summed E-state index contributed by atoms with van der Waals surface area (Å²) >= 11 is 0. The first-order valence-corrected chi connectivity index (χ1v) is 12.0. The van der Waals surface area contributed by atoms with Crippen molar-refractivity contribution >= 4 is 33.6 Å². The predicted octanol–water partition coefficient (Wildman–Crippen LogP) is 8.20. The molecule has 0 unspecified atom stereocenters. The van der Waals surface area contributed by atoms with Gasteiger partial charge in [-0.25, -0.2) is 9.97 Å². The van der Waals surface area contributed by atoms with Gasteiger partial charge in [0.25, 0.3) is 0 Å². The van der Waals surface area contributed by atoms with Gasteiger partial charge in [-0.3, -0.25) is 0 Å². The van der Waals surface area contributed by atoms with E-state index < -0.39 is 0 Å². The Kier molecular flexibility index (Phi) is 4.59. The standard InChI is InChI=1S/C32H22N2O/c1-3-10-21(11-4-1)30-27-19-18-23(20-28(27)33-32(34-30)22-12-5-2-6-13-22)24-15-9-16-26-25-14-7-8-17-29(25)35-31(24)26/h1-17,20H,18-19H2. The van der Waals surface area contributed by atoms with Crippen molar-refractivity contribution in [2.45, 2.75) is 12.8 Å². The summed E-state index contributed by atoms with van der Waals surface area (Å²) < 4.78 is 6.34. The van der Waals surface area contributed by atoms with Gasteiger partial charge in [0.2, 0.25) is 0 Å². The lowest BCUT2D eigenvalue weighted by molar-refractivity contribution is 0.667. The molecule has 0 spiro atoms. The quantitative estimate of drug-likeness (QED) is 0.273. The fraction of sp³-hybridized carbons (Fsp3) is 0.0625. The molecule has 0 saturated heterocycles. The minimum Gasteiger partial charge on any atom is -0.455 e. The molecule has 3 heteroatoms. The summed E-state index contributed by atoms with van der Waals surface area (Å²) in [5.41, 5.74) is 9.63. The average molecular weight is 451 g/mol. The van der Waals surface area contributed by atoms with Gasteiger partial charge < -0.3 is 4.42 Å². The Bertz CT molecular complexity index is 1730. The van der Waals surface area contributed by atoms with Crippen LogP contribution in [0.2, 0.25) is 0 Å². The van der Waals surface area contributed by atoms with Gasteiger partial charge >= 0.3 is 0 Å². The van der Waals surface area contributed by atoms with Gasteiger partial charge in [-0.1, -0.05) is 97.1 Å². The van der Waals surface area contributed by atoms with Crippen LogP contribution in [0.1, 0.15) is 23.2 Å². The van der Waals surface area contributed by atoms with Crippen molar-refractivity contribution in [3.05, 3.63) is 120 Å². The highest BCUT2D eigenvalue weighted by Gasteiger charge is 2.22. The largest absolute Gasteiger partial charge is 0.455 e. The smallest absolute Gasteiger partial charge is 0.160 e. The third-order valence-corrected chi connectivity index (χ3v) is 6.82. The topological polar surface area (TPSA) is 38.9 Å². The van der Waals surface area contributed by atoms with Gasteiger partial charge in [0.1, 0.15) is 11.2 Å². The molecule has 7 rings (SSSR count). The number of benzene rings is 4. The molecule has 166 valence electrons. The maximum absolute atomic E-state index is 6.34. The van der Waals surface area contributed by atoms with Crippen molar-refractivity contribution < 1.29 is 4.42 Å². The van der Waals surface area contributed by atoms with Crippen LogP contribution in [0.3, 0.4) is 0 Å². The van der Waals surface area contributed by atoms with E-state index in [9.17, 15) is 0 Å². The van der Waals surface area contributed by atoms with Gasteiger partial charge in [0.15, 0.2) is 5.82 Å². The molecule has 0 fully saturated rings. The fourth-order valence-electron chi connectivity index (χ4n) is 5.13. The lowest BCUT2D eigenvalue weighted by atomic mass is 9.88. The number of para-hydroxylation sites is 2. The maximum atomic E-state index is 6.34. The Balaban J connectivity index is 1.44. The molecule has 6 aromatic rings. The van der Waals surface area contributed by atoms with Gasteiger partial charge in [-0.15, -0.1) is 0 Å². The van der Waals surface area contributed by atoms with Gasteiger partial charge in [0, 0.05) is 33.0 Å². The van der Waals surface area contributed by atoms with Gasteiger partial charge in [-0.2, -0.15) is 0 Å². The van der Waals surface area contributed by atoms with Crippen LogP contribution in [0.25, 0.3) is 56.2 Å². The Labute approximate surface area is 203 Å². The molecular formula is C32H22N2O. The Morgan fingerprint density at radius 2 is 1.31 bits per heavy atom. The van der Waals surface area contributed by atoms with E-state index in [2.05, 4.69) is 72.8 Å². The second-order valence-corrected chi connectivity index (χ2v) is 8.94. The number of fused-ring (bicyclic) bond motifs is 4. The first kappa shape index (κ1) is 19.9. The molecule has 4 aromatic carbocycles. The molecule has 35 heavy (non-hydrogen) atoms. The van der Waals surface area contributed by atoms with Crippen molar-refractivity contribution in [3.8, 4) is 22.6 Å². The number of rotatable bonds is 3. The lowest BCUT2D eigenvalue weighted by Gasteiger charge is -2.20. The molecule has 3 nitrogen and oxygen atoms in total. The zero-order valence-electron chi connectivity index (χ0n) is 19.1. The predicted molar refractivity (Wildman–Crippen MR) is 143 cm³/mol. The lowest BCUT2D eigenvalue weighted by Crippen LogP contribution is -2.07. The van der Waals surface area contributed by atoms with Crippen molar-refractivity contribution in [1.29, 1.82) is 0 Å². The number of allylic oxidation sites excluding steroid dienone is 1. The van der Waals surface area contributed by atoms with Gasteiger partial charge in [0.05, 0.1) is 11.4 Å². The summed E-state index contributed by atoms with van der Waals surface area (Å²) in [4.78, 5) is 10.1. The van der Waals surface area contributed by atoms with Crippen molar-refractivity contribution in [2.75, 3.05) is 0 Å². The SMILES string of the molecule is C1=C(c2cccc3c2oc2ccccc23)CCc2c1nc(-c1ccccc1)nc2-c1ccccc1. The summed E-state index contributed by atoms with van der Waals surface area (Å²) in [6.45, 7) is 0. The molecule has 0 N–H and O–H groups in total. The van der Waals surface area contributed by atoms with Crippen molar-refractivity contribution in [3.63, 3.8) is 0 Å². The highest BCUT2D eigenvalue weighted by molar-refractivity contribution is 6.09. The molecule has 1 aliphatic carbocycles. The number of aromatic nitrogens is 2. The van der Waals surface area contributed by atoms with Gasteiger partial charge in [-0.05, 0) is 30.6 Å². The van der Waals surface area contributed by atoms with Crippen LogP contribution in [0.4, 0.5) is 0 Å². The van der Waals surface area contributed by atoms with Crippen LogP contribution in [0.5, 0.6) is 0 Å². The van der Waals surface area contributed by atoms with E-state index in [1.807, 2.05) is 36.4 Å². The van der Waals surface area contributed by atoms with Crippen LogP contribution >= 0.6 is 0 Å². The highest BCUT2D eigenvalue weighted by atomic mass is 16.3. The average Bonchev–Trinajstić information content (AvgIpc) is 3.32. The number of nitrogens with zero attached hydrogens (tertiary/aromatic N) is 2. The monoisotopic (exact) mass is 450 g/mol. The summed E-state index contributed by atoms with van der Waals surface area (Å²) in [6, 6.07) is 35.3. The molecule has 0 aliphatic heterocycles. The van der Waals surface area contributed by atoms with Crippen LogP contribution in [-0.4, -0.2) is 9.97 Å². The van der Waals surface area contributed by atoms with Crippen LogP contribution < -0.4 is 0 Å². The Morgan fingerprint density at radius 1 is 0.600 bits per heavy atom.